The first kappa shape index (κ1) is 23.9. The fourth-order valence-corrected chi connectivity index (χ4v) is 3.79. The maximum Gasteiger partial charge on any atom is 0.234 e. The maximum atomic E-state index is 12.4. The van der Waals surface area contributed by atoms with Crippen LogP contribution in [0.4, 0.5) is 5.69 Å². The van der Waals surface area contributed by atoms with Gasteiger partial charge in [0.25, 0.3) is 0 Å². The van der Waals surface area contributed by atoms with Crippen molar-refractivity contribution in [2.24, 2.45) is 7.05 Å². The molecule has 170 valence electrons. The number of ether oxygens (including phenoxy) is 2. The monoisotopic (exact) mass is 474 g/mol. The van der Waals surface area contributed by atoms with E-state index in [0.717, 1.165) is 5.75 Å². The number of hydrogen-bond donors (Lipinski definition) is 1. The second kappa shape index (κ2) is 10.3. The molecule has 1 aromatic heterocycles. The lowest BCUT2D eigenvalue weighted by atomic mass is 9.87. The van der Waals surface area contributed by atoms with E-state index in [9.17, 15) is 4.79 Å². The Labute approximate surface area is 197 Å². The van der Waals surface area contributed by atoms with Crippen LogP contribution in [0.25, 0.3) is 0 Å². The van der Waals surface area contributed by atoms with Crippen LogP contribution in [0.2, 0.25) is 5.02 Å². The van der Waals surface area contributed by atoms with E-state index in [1.807, 2.05) is 23.7 Å². The van der Waals surface area contributed by atoms with Gasteiger partial charge in [0, 0.05) is 12.1 Å². The number of hydrogen-bond acceptors (Lipinski definition) is 6. The predicted octanol–water partition coefficient (Wildman–Crippen LogP) is 5.08. The highest BCUT2D eigenvalue weighted by Gasteiger charge is 2.15. The summed E-state index contributed by atoms with van der Waals surface area (Å²) in [6.07, 6.45) is 0. The fourth-order valence-electron chi connectivity index (χ4n) is 2.89. The van der Waals surface area contributed by atoms with E-state index in [0.29, 0.717) is 27.4 Å². The first-order valence-electron chi connectivity index (χ1n) is 10.0. The van der Waals surface area contributed by atoms with E-state index < -0.39 is 0 Å². The van der Waals surface area contributed by atoms with Crippen molar-refractivity contribution in [3.63, 3.8) is 0 Å². The van der Waals surface area contributed by atoms with Crippen LogP contribution in [-0.4, -0.2) is 33.5 Å². The molecule has 0 aliphatic carbocycles. The molecule has 2 aromatic carbocycles. The lowest BCUT2D eigenvalue weighted by molar-refractivity contribution is -0.113. The standard InChI is InChI=1S/C23H27ClN4O3S/c1-23(2,3)15-6-9-17(10-7-15)31-13-20-26-27-22(28(20)4)32-14-21(29)25-18-12-16(24)8-11-19(18)30-5/h6-12H,13-14H2,1-5H3,(H,25,29). The van der Waals surface area contributed by atoms with Crippen LogP contribution in [0.1, 0.15) is 32.2 Å². The molecule has 1 amide bonds. The van der Waals surface area contributed by atoms with Crippen molar-refractivity contribution in [2.75, 3.05) is 18.2 Å². The lowest BCUT2D eigenvalue weighted by Gasteiger charge is -2.19. The van der Waals surface area contributed by atoms with E-state index in [-0.39, 0.29) is 23.7 Å². The van der Waals surface area contributed by atoms with E-state index in [1.165, 1.54) is 24.4 Å². The average molecular weight is 475 g/mol. The van der Waals surface area contributed by atoms with Crippen molar-refractivity contribution in [2.45, 2.75) is 37.9 Å². The Hall–Kier alpha value is -2.71. The van der Waals surface area contributed by atoms with Gasteiger partial charge >= 0.3 is 0 Å². The van der Waals surface area contributed by atoms with E-state index in [1.54, 1.807) is 18.2 Å². The highest BCUT2D eigenvalue weighted by molar-refractivity contribution is 7.99. The lowest BCUT2D eigenvalue weighted by Crippen LogP contribution is -2.15. The molecule has 0 saturated carbocycles. The quantitative estimate of drug-likeness (QED) is 0.458. The molecule has 0 spiro atoms. The molecular weight excluding hydrogens is 448 g/mol. The maximum absolute atomic E-state index is 12.4. The molecule has 0 aliphatic heterocycles. The van der Waals surface area contributed by atoms with Gasteiger partial charge in [-0.25, -0.2) is 0 Å². The summed E-state index contributed by atoms with van der Waals surface area (Å²) in [5, 5.41) is 12.3. The van der Waals surface area contributed by atoms with Gasteiger partial charge in [0.2, 0.25) is 5.91 Å². The summed E-state index contributed by atoms with van der Waals surface area (Å²) in [5.74, 6) is 1.95. The number of benzene rings is 2. The average Bonchev–Trinajstić information content (AvgIpc) is 3.10. The zero-order valence-electron chi connectivity index (χ0n) is 18.8. The molecule has 7 nitrogen and oxygen atoms in total. The van der Waals surface area contributed by atoms with Gasteiger partial charge in [-0.1, -0.05) is 56.3 Å². The molecule has 0 aliphatic rings. The summed E-state index contributed by atoms with van der Waals surface area (Å²) >= 11 is 7.30. The molecule has 1 heterocycles. The minimum atomic E-state index is -0.199. The number of aromatic nitrogens is 3. The van der Waals surface area contributed by atoms with Crippen molar-refractivity contribution >= 4 is 35.0 Å². The van der Waals surface area contributed by atoms with Gasteiger partial charge in [-0.3, -0.25) is 4.79 Å². The predicted molar refractivity (Wildman–Crippen MR) is 128 cm³/mol. The third-order valence-electron chi connectivity index (χ3n) is 4.78. The number of halogens is 1. The molecule has 3 rings (SSSR count). The first-order valence-corrected chi connectivity index (χ1v) is 11.4. The van der Waals surface area contributed by atoms with Crippen molar-refractivity contribution in [3.8, 4) is 11.5 Å². The Morgan fingerprint density at radius 1 is 1.16 bits per heavy atom. The zero-order chi connectivity index (χ0) is 23.3. The summed E-state index contributed by atoms with van der Waals surface area (Å²) in [6.45, 7) is 6.80. The summed E-state index contributed by atoms with van der Waals surface area (Å²) in [6, 6.07) is 13.1. The van der Waals surface area contributed by atoms with Gasteiger partial charge in [0.15, 0.2) is 11.0 Å². The topological polar surface area (TPSA) is 78.3 Å². The van der Waals surface area contributed by atoms with Gasteiger partial charge in [-0.15, -0.1) is 10.2 Å². The SMILES string of the molecule is COc1ccc(Cl)cc1NC(=O)CSc1nnc(COc2ccc(C(C)(C)C)cc2)n1C. The van der Waals surface area contributed by atoms with Gasteiger partial charge in [0.05, 0.1) is 18.6 Å². The second-order valence-electron chi connectivity index (χ2n) is 8.20. The molecule has 1 N–H and O–H groups in total. The van der Waals surface area contributed by atoms with Gasteiger partial charge < -0.3 is 19.4 Å². The minimum Gasteiger partial charge on any atom is -0.495 e. The molecule has 0 atom stereocenters. The van der Waals surface area contributed by atoms with Crippen LogP contribution in [0.3, 0.4) is 0 Å². The van der Waals surface area contributed by atoms with Crippen LogP contribution in [0.5, 0.6) is 11.5 Å². The number of amides is 1. The van der Waals surface area contributed by atoms with Crippen molar-refractivity contribution < 1.29 is 14.3 Å². The molecule has 3 aromatic rings. The zero-order valence-corrected chi connectivity index (χ0v) is 20.4. The molecule has 0 bridgehead atoms. The highest BCUT2D eigenvalue weighted by atomic mass is 35.5. The molecule has 9 heteroatoms. The number of carbonyl (C=O) groups is 1. The smallest absolute Gasteiger partial charge is 0.234 e. The summed E-state index contributed by atoms with van der Waals surface area (Å²) in [4.78, 5) is 12.4. The third kappa shape index (κ3) is 6.17. The molecule has 0 saturated heterocycles. The van der Waals surface area contributed by atoms with Crippen molar-refractivity contribution in [3.05, 3.63) is 58.9 Å². The molecular formula is C23H27ClN4O3S. The second-order valence-corrected chi connectivity index (χ2v) is 9.58. The number of carbonyl (C=O) groups excluding carboxylic acids is 1. The number of rotatable bonds is 8. The van der Waals surface area contributed by atoms with Gasteiger partial charge in [-0.05, 0) is 41.3 Å². The summed E-state index contributed by atoms with van der Waals surface area (Å²) in [5.41, 5.74) is 1.87. The summed E-state index contributed by atoms with van der Waals surface area (Å²) in [7, 11) is 3.39. The first-order chi connectivity index (χ1) is 15.2. The van der Waals surface area contributed by atoms with Crippen LogP contribution >= 0.6 is 23.4 Å². The number of anilines is 1. The normalized spacial score (nSPS) is 11.3. The largest absolute Gasteiger partial charge is 0.495 e. The molecule has 32 heavy (non-hydrogen) atoms. The Morgan fingerprint density at radius 3 is 2.53 bits per heavy atom. The molecule has 0 unspecified atom stereocenters. The van der Waals surface area contributed by atoms with Gasteiger partial charge in [0.1, 0.15) is 18.1 Å². The Balaban J connectivity index is 1.55. The Kier molecular flexibility index (Phi) is 7.69. The van der Waals surface area contributed by atoms with E-state index in [2.05, 4.69) is 48.4 Å². The summed E-state index contributed by atoms with van der Waals surface area (Å²) < 4.78 is 12.9. The number of nitrogens with one attached hydrogen (secondary N) is 1. The van der Waals surface area contributed by atoms with Gasteiger partial charge in [-0.2, -0.15) is 0 Å². The van der Waals surface area contributed by atoms with Crippen molar-refractivity contribution in [1.29, 1.82) is 0 Å². The molecule has 0 radical (unpaired) electrons. The molecule has 0 fully saturated rings. The Bertz CT molecular complexity index is 1080. The number of thioether (sulfide) groups is 1. The van der Waals surface area contributed by atoms with E-state index >= 15 is 0 Å². The van der Waals surface area contributed by atoms with Crippen LogP contribution in [0, 0.1) is 0 Å². The number of nitrogens with zero attached hydrogens (tertiary/aromatic N) is 3. The van der Waals surface area contributed by atoms with Crippen molar-refractivity contribution in [1.82, 2.24) is 14.8 Å². The number of methoxy groups -OCH3 is 1. The third-order valence-corrected chi connectivity index (χ3v) is 6.04. The van der Waals surface area contributed by atoms with Crippen LogP contribution in [0.15, 0.2) is 47.6 Å². The fraction of sp³-hybridized carbons (Fsp3) is 0.348. The highest BCUT2D eigenvalue weighted by Crippen LogP contribution is 2.28. The van der Waals surface area contributed by atoms with Crippen LogP contribution in [-0.2, 0) is 23.9 Å². The van der Waals surface area contributed by atoms with Crippen LogP contribution < -0.4 is 14.8 Å². The Morgan fingerprint density at radius 2 is 1.88 bits per heavy atom. The van der Waals surface area contributed by atoms with E-state index in [4.69, 9.17) is 21.1 Å². The minimum absolute atomic E-state index is 0.0957.